The molecular weight excluding hydrogens is 347 g/mol. The Morgan fingerprint density at radius 3 is 2.81 bits per heavy atom. The van der Waals surface area contributed by atoms with Gasteiger partial charge in [-0.1, -0.05) is 12.1 Å². The third-order valence-electron chi connectivity index (χ3n) is 4.57. The van der Waals surface area contributed by atoms with E-state index < -0.39 is 36.7 Å². The number of carboxylic acids is 1. The predicted octanol–water partition coefficient (Wildman–Crippen LogP) is 3.76. The molecule has 0 saturated carbocycles. The van der Waals surface area contributed by atoms with Crippen molar-refractivity contribution in [2.75, 3.05) is 11.4 Å². The number of benzene rings is 1. The van der Waals surface area contributed by atoms with Crippen LogP contribution in [0.15, 0.2) is 48.8 Å². The molecule has 1 aliphatic rings. The van der Waals surface area contributed by atoms with Gasteiger partial charge in [-0.25, -0.2) is 22.5 Å². The molecule has 3 heterocycles. The average molecular weight is 361 g/mol. The first kappa shape index (κ1) is 16.4. The van der Waals surface area contributed by atoms with Crippen LogP contribution in [-0.4, -0.2) is 33.2 Å². The van der Waals surface area contributed by atoms with Crippen LogP contribution in [0.2, 0.25) is 0 Å². The lowest BCUT2D eigenvalue weighted by molar-refractivity contribution is 0.0223. The van der Waals surface area contributed by atoms with E-state index in [-0.39, 0.29) is 5.56 Å². The van der Waals surface area contributed by atoms with Crippen molar-refractivity contribution in [2.45, 2.75) is 18.4 Å². The van der Waals surface area contributed by atoms with Crippen molar-refractivity contribution < 1.29 is 23.1 Å². The largest absolute Gasteiger partial charge is 0.478 e. The molecule has 134 valence electrons. The Kier molecular flexibility index (Phi) is 3.64. The molecule has 1 aliphatic heterocycles. The molecule has 2 aromatic heterocycles. The maximum atomic E-state index is 14.1. The van der Waals surface area contributed by atoms with Gasteiger partial charge in [0.2, 0.25) is 0 Å². The van der Waals surface area contributed by atoms with Crippen molar-refractivity contribution in [2.24, 2.45) is 0 Å². The summed E-state index contributed by atoms with van der Waals surface area (Å²) in [7, 11) is 0. The van der Waals surface area contributed by atoms with E-state index in [1.54, 1.807) is 12.1 Å². The quantitative estimate of drug-likeness (QED) is 0.772. The minimum Gasteiger partial charge on any atom is -0.478 e. The summed E-state index contributed by atoms with van der Waals surface area (Å²) in [5, 5.41) is 13.2. The first-order chi connectivity index (χ1) is 12.3. The number of hydrogen-bond acceptors (Lipinski definition) is 3. The summed E-state index contributed by atoms with van der Waals surface area (Å²) in [5.41, 5.74) is 1.18. The highest BCUT2D eigenvalue weighted by Gasteiger charge is 2.45. The number of halogens is 3. The van der Waals surface area contributed by atoms with Crippen molar-refractivity contribution in [3.63, 3.8) is 0 Å². The lowest BCUT2D eigenvalue weighted by Gasteiger charge is -2.26. The third kappa shape index (κ3) is 2.77. The van der Waals surface area contributed by atoms with E-state index in [1.807, 2.05) is 0 Å². The molecular formula is C18H14F3N3O2. The van der Waals surface area contributed by atoms with Crippen molar-refractivity contribution >= 4 is 17.2 Å². The number of alkyl halides is 2. The van der Waals surface area contributed by atoms with Crippen molar-refractivity contribution in [3.05, 3.63) is 65.7 Å². The summed E-state index contributed by atoms with van der Waals surface area (Å²) in [4.78, 5) is 12.8. The highest BCUT2D eigenvalue weighted by Crippen LogP contribution is 2.43. The SMILES string of the molecule is O=C(O)c1cnn2ccc(N3CC(F)(F)C[C@@H]3c3cccc(F)c3)cc12. The van der Waals surface area contributed by atoms with Crippen molar-refractivity contribution in [3.8, 4) is 0 Å². The van der Waals surface area contributed by atoms with Gasteiger partial charge in [-0.15, -0.1) is 0 Å². The van der Waals surface area contributed by atoms with Crippen LogP contribution in [0, 0.1) is 5.82 Å². The molecule has 8 heteroatoms. The second-order valence-electron chi connectivity index (χ2n) is 6.34. The third-order valence-corrected chi connectivity index (χ3v) is 4.57. The van der Waals surface area contributed by atoms with Crippen LogP contribution in [0.5, 0.6) is 0 Å². The minimum atomic E-state index is -2.93. The molecule has 0 bridgehead atoms. The fraction of sp³-hybridized carbons (Fsp3) is 0.222. The van der Waals surface area contributed by atoms with Gasteiger partial charge in [0.1, 0.15) is 11.4 Å². The molecule has 4 rings (SSSR count). The average Bonchev–Trinajstić information content (AvgIpc) is 3.14. The highest BCUT2D eigenvalue weighted by atomic mass is 19.3. The van der Waals surface area contributed by atoms with Gasteiger partial charge in [-0.05, 0) is 29.8 Å². The number of carboxylic acid groups (broad SMARTS) is 1. The molecule has 0 aliphatic carbocycles. The monoisotopic (exact) mass is 361 g/mol. The van der Waals surface area contributed by atoms with Gasteiger partial charge in [-0.2, -0.15) is 5.10 Å². The number of anilines is 1. The maximum absolute atomic E-state index is 14.1. The summed E-state index contributed by atoms with van der Waals surface area (Å²) >= 11 is 0. The zero-order chi connectivity index (χ0) is 18.5. The number of hydrogen-bond donors (Lipinski definition) is 1. The summed E-state index contributed by atoms with van der Waals surface area (Å²) in [6.07, 6.45) is 2.30. The molecule has 0 unspecified atom stereocenters. The van der Waals surface area contributed by atoms with Gasteiger partial charge < -0.3 is 10.0 Å². The van der Waals surface area contributed by atoms with Gasteiger partial charge in [0, 0.05) is 18.3 Å². The van der Waals surface area contributed by atoms with E-state index >= 15 is 0 Å². The fourth-order valence-electron chi connectivity index (χ4n) is 3.41. The Bertz CT molecular complexity index is 1000. The molecule has 1 aromatic carbocycles. The molecule has 0 amide bonds. The van der Waals surface area contributed by atoms with Crippen LogP contribution in [0.1, 0.15) is 28.4 Å². The lowest BCUT2D eigenvalue weighted by atomic mass is 10.0. The van der Waals surface area contributed by atoms with Gasteiger partial charge in [0.25, 0.3) is 5.92 Å². The summed E-state index contributed by atoms with van der Waals surface area (Å²) in [6.45, 7) is -0.527. The zero-order valence-electron chi connectivity index (χ0n) is 13.4. The summed E-state index contributed by atoms with van der Waals surface area (Å²) in [5.74, 6) is -4.57. The number of nitrogens with zero attached hydrogens (tertiary/aromatic N) is 3. The molecule has 1 N–H and O–H groups in total. The Morgan fingerprint density at radius 1 is 1.27 bits per heavy atom. The molecule has 1 saturated heterocycles. The number of carbonyl (C=O) groups is 1. The molecule has 1 atom stereocenters. The Labute approximate surface area is 146 Å². The van der Waals surface area contributed by atoms with E-state index in [0.717, 1.165) is 0 Å². The summed E-state index contributed by atoms with van der Waals surface area (Å²) < 4.78 is 43.2. The molecule has 0 spiro atoms. The first-order valence-electron chi connectivity index (χ1n) is 7.95. The van der Waals surface area contributed by atoms with Gasteiger partial charge in [0.15, 0.2) is 0 Å². The molecule has 26 heavy (non-hydrogen) atoms. The smallest absolute Gasteiger partial charge is 0.339 e. The number of rotatable bonds is 3. The van der Waals surface area contributed by atoms with Crippen LogP contribution >= 0.6 is 0 Å². The molecule has 0 radical (unpaired) electrons. The van der Waals surface area contributed by atoms with E-state index in [1.165, 1.54) is 46.1 Å². The van der Waals surface area contributed by atoms with Crippen LogP contribution in [0.3, 0.4) is 0 Å². The minimum absolute atomic E-state index is 0.0138. The molecule has 5 nitrogen and oxygen atoms in total. The fourth-order valence-corrected chi connectivity index (χ4v) is 3.41. The molecule has 1 fully saturated rings. The van der Waals surface area contributed by atoms with Gasteiger partial charge in [-0.3, -0.25) is 0 Å². The molecule has 3 aromatic rings. The van der Waals surface area contributed by atoms with Gasteiger partial charge >= 0.3 is 5.97 Å². The van der Waals surface area contributed by atoms with Crippen molar-refractivity contribution in [1.29, 1.82) is 0 Å². The standard InChI is InChI=1S/C18H14F3N3O2/c19-12-3-1-2-11(6-12)16-8-18(20,21)10-23(16)13-4-5-24-15(7-13)14(9-22-24)17(25)26/h1-7,9,16H,8,10H2,(H,25,26)/t16-/m1/s1. The van der Waals surface area contributed by atoms with E-state index in [4.69, 9.17) is 0 Å². The van der Waals surface area contributed by atoms with E-state index in [0.29, 0.717) is 16.8 Å². The lowest BCUT2D eigenvalue weighted by Crippen LogP contribution is -2.26. The maximum Gasteiger partial charge on any atom is 0.339 e. The van der Waals surface area contributed by atoms with E-state index in [9.17, 15) is 23.1 Å². The predicted molar refractivity (Wildman–Crippen MR) is 88.2 cm³/mol. The number of aromatic carboxylic acids is 1. The second kappa shape index (κ2) is 5.76. The number of pyridine rings is 1. The first-order valence-corrected chi connectivity index (χ1v) is 7.95. The number of aromatic nitrogens is 2. The van der Waals surface area contributed by atoms with Crippen LogP contribution in [0.4, 0.5) is 18.9 Å². The topological polar surface area (TPSA) is 57.8 Å². The normalized spacial score (nSPS) is 19.2. The Morgan fingerprint density at radius 2 is 2.08 bits per heavy atom. The number of fused-ring (bicyclic) bond motifs is 1. The van der Waals surface area contributed by atoms with Crippen LogP contribution < -0.4 is 4.90 Å². The van der Waals surface area contributed by atoms with Crippen molar-refractivity contribution in [1.82, 2.24) is 9.61 Å². The Balaban J connectivity index is 1.80. The zero-order valence-corrected chi connectivity index (χ0v) is 13.4. The van der Waals surface area contributed by atoms with Gasteiger partial charge in [0.05, 0.1) is 24.3 Å². The Hall–Kier alpha value is -3.03. The highest BCUT2D eigenvalue weighted by molar-refractivity contribution is 5.95. The van der Waals surface area contributed by atoms with E-state index in [2.05, 4.69) is 5.10 Å². The second-order valence-corrected chi connectivity index (χ2v) is 6.34. The van der Waals surface area contributed by atoms with Crippen LogP contribution in [-0.2, 0) is 0 Å². The van der Waals surface area contributed by atoms with Crippen LogP contribution in [0.25, 0.3) is 5.52 Å². The summed E-state index contributed by atoms with van der Waals surface area (Å²) in [6, 6.07) is 8.02.